The molecular weight excluding hydrogens is 530 g/mol. The van der Waals surface area contributed by atoms with Gasteiger partial charge in [0.2, 0.25) is 0 Å². The SMILES string of the molecule is COc1cc(Nc2nc3ccccc3nc2NS(=O)(=O)c2cccc([N+]3(C(C)=O)CCCCC3)c2)cc(OC)c1. The second-order valence-corrected chi connectivity index (χ2v) is 11.4. The number of nitrogens with zero attached hydrogens (tertiary/aromatic N) is 3. The van der Waals surface area contributed by atoms with Gasteiger partial charge in [-0.05, 0) is 43.5 Å². The molecule has 0 saturated carbocycles. The topological polar surface area (TPSA) is 120 Å². The molecule has 40 heavy (non-hydrogen) atoms. The molecule has 1 aliphatic heterocycles. The number of amides is 1. The van der Waals surface area contributed by atoms with Crippen molar-refractivity contribution in [3.05, 3.63) is 66.7 Å². The smallest absolute Gasteiger partial charge is 0.315 e. The van der Waals surface area contributed by atoms with E-state index in [4.69, 9.17) is 9.47 Å². The molecule has 0 radical (unpaired) electrons. The van der Waals surface area contributed by atoms with Crippen molar-refractivity contribution in [3.63, 3.8) is 0 Å². The molecule has 11 heteroatoms. The lowest BCUT2D eigenvalue weighted by molar-refractivity contribution is -0.128. The molecule has 0 bridgehead atoms. The molecule has 3 aromatic carbocycles. The van der Waals surface area contributed by atoms with E-state index in [1.54, 1.807) is 63.6 Å². The number of anilines is 3. The minimum atomic E-state index is -4.10. The maximum atomic E-state index is 13.7. The summed E-state index contributed by atoms with van der Waals surface area (Å²) < 4.78 is 40.9. The monoisotopic (exact) mass is 562 g/mol. The van der Waals surface area contributed by atoms with Crippen LogP contribution in [0.5, 0.6) is 11.5 Å². The highest BCUT2D eigenvalue weighted by molar-refractivity contribution is 7.92. The fraction of sp³-hybridized carbons (Fsp3) is 0.276. The van der Waals surface area contributed by atoms with E-state index in [1.807, 2.05) is 18.2 Å². The highest BCUT2D eigenvalue weighted by Gasteiger charge is 2.38. The zero-order valence-electron chi connectivity index (χ0n) is 22.7. The molecule has 2 N–H and O–H groups in total. The zero-order valence-corrected chi connectivity index (χ0v) is 23.5. The Morgan fingerprint density at radius 3 is 2.05 bits per heavy atom. The lowest BCUT2D eigenvalue weighted by Crippen LogP contribution is -2.56. The molecule has 0 aliphatic carbocycles. The van der Waals surface area contributed by atoms with Gasteiger partial charge in [-0.3, -0.25) is 4.72 Å². The van der Waals surface area contributed by atoms with E-state index in [-0.39, 0.29) is 26.9 Å². The third-order valence-electron chi connectivity index (χ3n) is 7.22. The summed E-state index contributed by atoms with van der Waals surface area (Å²) in [7, 11) is -1.01. The van der Waals surface area contributed by atoms with E-state index in [1.165, 1.54) is 6.07 Å². The van der Waals surface area contributed by atoms with E-state index in [2.05, 4.69) is 20.0 Å². The fourth-order valence-electron chi connectivity index (χ4n) is 5.08. The first kappa shape index (κ1) is 27.4. The van der Waals surface area contributed by atoms with Crippen molar-refractivity contribution in [1.82, 2.24) is 14.5 Å². The Labute approximate surface area is 233 Å². The summed E-state index contributed by atoms with van der Waals surface area (Å²) in [6.07, 6.45) is 2.87. The number of rotatable bonds is 8. The number of hydrogen-bond donors (Lipinski definition) is 2. The molecule has 208 valence electrons. The van der Waals surface area contributed by atoms with Gasteiger partial charge >= 0.3 is 5.91 Å². The Kier molecular flexibility index (Phi) is 7.59. The molecule has 2 heterocycles. The third kappa shape index (κ3) is 5.43. The Hall–Kier alpha value is -4.22. The maximum absolute atomic E-state index is 13.7. The van der Waals surface area contributed by atoms with Crippen LogP contribution in [-0.2, 0) is 14.8 Å². The molecule has 5 rings (SSSR count). The van der Waals surface area contributed by atoms with E-state index in [0.717, 1.165) is 19.3 Å². The number of piperidine rings is 1. The van der Waals surface area contributed by atoms with Crippen LogP contribution in [0.4, 0.5) is 23.0 Å². The number of ether oxygens (including phenoxy) is 2. The average Bonchev–Trinajstić information content (AvgIpc) is 2.97. The van der Waals surface area contributed by atoms with Crippen LogP contribution in [0.1, 0.15) is 26.2 Å². The van der Waals surface area contributed by atoms with Gasteiger partial charge in [-0.15, -0.1) is 0 Å². The number of benzene rings is 3. The summed E-state index contributed by atoms with van der Waals surface area (Å²) in [6, 6.07) is 19.0. The maximum Gasteiger partial charge on any atom is 0.315 e. The van der Waals surface area contributed by atoms with Crippen LogP contribution in [0.3, 0.4) is 0 Å². The highest BCUT2D eigenvalue weighted by Crippen LogP contribution is 2.34. The standard InChI is InChI=1S/C29H32N5O5S/c1-20(35)34(14-7-4-8-15-34)22-10-9-11-25(18-22)40(36,37)33-29-28(31-26-12-5-6-13-27(26)32-29)30-21-16-23(38-2)19-24(17-21)39-3/h5-6,9-13,16-19H,4,7-8,14-15H2,1-3H3,(H,30,31)(H,32,33)/q+1. The summed E-state index contributed by atoms with van der Waals surface area (Å²) in [5.74, 6) is 1.34. The number of methoxy groups -OCH3 is 2. The number of hydrogen-bond acceptors (Lipinski definition) is 8. The van der Waals surface area contributed by atoms with Gasteiger partial charge in [0.15, 0.2) is 11.6 Å². The summed E-state index contributed by atoms with van der Waals surface area (Å²) >= 11 is 0. The molecule has 0 spiro atoms. The zero-order chi connectivity index (χ0) is 28.3. The summed E-state index contributed by atoms with van der Waals surface area (Å²) in [5.41, 5.74) is 2.35. The predicted molar refractivity (Wildman–Crippen MR) is 156 cm³/mol. The molecule has 1 saturated heterocycles. The first-order valence-electron chi connectivity index (χ1n) is 13.0. The van der Waals surface area contributed by atoms with Crippen LogP contribution in [0.25, 0.3) is 11.0 Å². The van der Waals surface area contributed by atoms with E-state index in [0.29, 0.717) is 47.0 Å². The second kappa shape index (κ2) is 11.1. The average molecular weight is 563 g/mol. The van der Waals surface area contributed by atoms with Gasteiger partial charge in [-0.25, -0.2) is 27.7 Å². The number of nitrogens with one attached hydrogen (secondary N) is 2. The molecule has 10 nitrogen and oxygen atoms in total. The number of aromatic nitrogens is 2. The van der Waals surface area contributed by atoms with E-state index >= 15 is 0 Å². The predicted octanol–water partition coefficient (Wildman–Crippen LogP) is 5.23. The number of fused-ring (bicyclic) bond motifs is 1. The van der Waals surface area contributed by atoms with Gasteiger partial charge in [-0.2, -0.15) is 0 Å². The number of sulfonamides is 1. The number of carbonyl (C=O) groups is 1. The van der Waals surface area contributed by atoms with E-state index < -0.39 is 10.0 Å². The van der Waals surface area contributed by atoms with Crippen LogP contribution in [0.2, 0.25) is 0 Å². The lowest BCUT2D eigenvalue weighted by Gasteiger charge is -2.37. The minimum absolute atomic E-state index is 0.00260. The number of carbonyl (C=O) groups excluding carboxylic acids is 1. The lowest BCUT2D eigenvalue weighted by atomic mass is 10.1. The van der Waals surface area contributed by atoms with Crippen molar-refractivity contribution in [2.45, 2.75) is 31.1 Å². The Balaban J connectivity index is 1.54. The highest BCUT2D eigenvalue weighted by atomic mass is 32.2. The second-order valence-electron chi connectivity index (χ2n) is 9.73. The summed E-state index contributed by atoms with van der Waals surface area (Å²) in [5, 5.41) is 3.16. The van der Waals surface area contributed by atoms with Gasteiger partial charge in [0, 0.05) is 30.0 Å². The van der Waals surface area contributed by atoms with Crippen molar-refractivity contribution >= 4 is 50.0 Å². The van der Waals surface area contributed by atoms with Gasteiger partial charge in [0.25, 0.3) is 10.0 Å². The van der Waals surface area contributed by atoms with Gasteiger partial charge < -0.3 is 14.8 Å². The molecule has 1 amide bonds. The first-order valence-corrected chi connectivity index (χ1v) is 14.5. The van der Waals surface area contributed by atoms with Crippen molar-refractivity contribution in [1.29, 1.82) is 0 Å². The van der Waals surface area contributed by atoms with Crippen LogP contribution < -0.4 is 24.0 Å². The number of para-hydroxylation sites is 2. The van der Waals surface area contributed by atoms with Gasteiger partial charge in [0.05, 0.1) is 50.2 Å². The van der Waals surface area contributed by atoms with Crippen molar-refractivity contribution in [3.8, 4) is 11.5 Å². The van der Waals surface area contributed by atoms with Gasteiger partial charge in [-0.1, -0.05) is 18.2 Å². The Morgan fingerprint density at radius 1 is 0.825 bits per heavy atom. The van der Waals surface area contributed by atoms with Crippen molar-refractivity contribution in [2.24, 2.45) is 0 Å². The van der Waals surface area contributed by atoms with Gasteiger partial charge in [0.1, 0.15) is 17.2 Å². The Bertz CT molecular complexity index is 1650. The van der Waals surface area contributed by atoms with E-state index in [9.17, 15) is 13.2 Å². The number of quaternary nitrogens is 1. The molecule has 0 atom stereocenters. The van der Waals surface area contributed by atoms with Crippen LogP contribution >= 0.6 is 0 Å². The first-order chi connectivity index (χ1) is 19.2. The molecule has 1 aromatic heterocycles. The molecule has 1 aliphatic rings. The van der Waals surface area contributed by atoms with Crippen LogP contribution in [0, 0.1) is 0 Å². The number of likely N-dealkylation sites (tertiary alicyclic amines) is 1. The largest absolute Gasteiger partial charge is 0.497 e. The third-order valence-corrected chi connectivity index (χ3v) is 8.56. The summed E-state index contributed by atoms with van der Waals surface area (Å²) in [6.45, 7) is 2.88. The quantitative estimate of drug-likeness (QED) is 0.280. The van der Waals surface area contributed by atoms with Crippen molar-refractivity contribution in [2.75, 3.05) is 37.3 Å². The molecule has 0 unspecified atom stereocenters. The molecule has 4 aromatic rings. The minimum Gasteiger partial charge on any atom is -0.497 e. The summed E-state index contributed by atoms with van der Waals surface area (Å²) in [4.78, 5) is 22.1. The fourth-order valence-corrected chi connectivity index (χ4v) is 6.13. The van der Waals surface area contributed by atoms with Crippen molar-refractivity contribution < 1.29 is 22.7 Å². The molecule has 1 fully saturated rings. The van der Waals surface area contributed by atoms with Crippen LogP contribution in [0.15, 0.2) is 71.6 Å². The Morgan fingerprint density at radius 2 is 1.45 bits per heavy atom. The van der Waals surface area contributed by atoms with Crippen LogP contribution in [-0.4, -0.2) is 51.6 Å². The normalized spacial score (nSPS) is 14.9. The molecular formula is C29H32N5O5S+.